The average molecular weight is 311 g/mol. The summed E-state index contributed by atoms with van der Waals surface area (Å²) in [6, 6.07) is 8.35. The highest BCUT2D eigenvalue weighted by molar-refractivity contribution is 6.31. The van der Waals surface area contributed by atoms with Crippen molar-refractivity contribution in [2.24, 2.45) is 0 Å². The molecule has 1 atom stereocenters. The maximum absolute atomic E-state index is 11.2. The summed E-state index contributed by atoms with van der Waals surface area (Å²) < 4.78 is 4.68. The van der Waals surface area contributed by atoms with Gasteiger partial charge in [0.25, 0.3) is 0 Å². The maximum Gasteiger partial charge on any atom is 0.306 e. The van der Waals surface area contributed by atoms with Crippen molar-refractivity contribution in [3.8, 4) is 0 Å². The molecule has 4 nitrogen and oxygen atoms in total. The number of ether oxygens (including phenoxy) is 1. The van der Waals surface area contributed by atoms with Gasteiger partial charge in [0.15, 0.2) is 0 Å². The minimum Gasteiger partial charge on any atom is -0.469 e. The number of hydrogen-bond acceptors (Lipinski definition) is 4. The molecule has 21 heavy (non-hydrogen) atoms. The highest BCUT2D eigenvalue weighted by Gasteiger charge is 2.23. The van der Waals surface area contributed by atoms with E-state index in [2.05, 4.69) is 27.5 Å². The van der Waals surface area contributed by atoms with Gasteiger partial charge >= 0.3 is 5.97 Å². The zero-order valence-corrected chi connectivity index (χ0v) is 13.5. The Labute approximate surface area is 131 Å². The van der Waals surface area contributed by atoms with Gasteiger partial charge in [-0.3, -0.25) is 9.69 Å². The molecular formula is C16H23ClN2O2. The Bertz CT molecular complexity index is 473. The van der Waals surface area contributed by atoms with Crippen molar-refractivity contribution in [3.63, 3.8) is 0 Å². The third-order valence-corrected chi connectivity index (χ3v) is 4.51. The van der Waals surface area contributed by atoms with Gasteiger partial charge in [0.1, 0.15) is 0 Å². The molecule has 1 aromatic carbocycles. The van der Waals surface area contributed by atoms with E-state index in [0.717, 1.165) is 37.7 Å². The second kappa shape index (κ2) is 7.78. The van der Waals surface area contributed by atoms with E-state index in [-0.39, 0.29) is 5.97 Å². The first-order valence-corrected chi connectivity index (χ1v) is 7.77. The van der Waals surface area contributed by atoms with Crippen molar-refractivity contribution in [2.45, 2.75) is 19.4 Å². The predicted molar refractivity (Wildman–Crippen MR) is 84.5 cm³/mol. The number of benzene rings is 1. The van der Waals surface area contributed by atoms with Crippen LogP contribution in [0.2, 0.25) is 5.02 Å². The van der Waals surface area contributed by atoms with E-state index in [4.69, 9.17) is 11.6 Å². The summed E-state index contributed by atoms with van der Waals surface area (Å²) in [6.45, 7) is 6.92. The van der Waals surface area contributed by atoms with E-state index >= 15 is 0 Å². The number of piperazine rings is 1. The van der Waals surface area contributed by atoms with E-state index in [9.17, 15) is 4.79 Å². The lowest BCUT2D eigenvalue weighted by Crippen LogP contribution is -2.47. The molecule has 0 amide bonds. The number of rotatable bonds is 5. The van der Waals surface area contributed by atoms with E-state index in [1.54, 1.807) is 0 Å². The minimum atomic E-state index is -0.137. The average Bonchev–Trinajstić information content (AvgIpc) is 2.53. The van der Waals surface area contributed by atoms with Gasteiger partial charge in [-0.1, -0.05) is 29.8 Å². The number of hydrogen-bond donors (Lipinski definition) is 0. The van der Waals surface area contributed by atoms with Crippen LogP contribution in [0.15, 0.2) is 24.3 Å². The Hall–Kier alpha value is -1.10. The van der Waals surface area contributed by atoms with Crippen LogP contribution in [0.1, 0.15) is 24.9 Å². The fourth-order valence-electron chi connectivity index (χ4n) is 2.74. The summed E-state index contributed by atoms with van der Waals surface area (Å²) >= 11 is 6.28. The first-order valence-electron chi connectivity index (χ1n) is 7.39. The quantitative estimate of drug-likeness (QED) is 0.783. The lowest BCUT2D eigenvalue weighted by Gasteiger charge is -2.38. The highest BCUT2D eigenvalue weighted by atomic mass is 35.5. The van der Waals surface area contributed by atoms with Crippen molar-refractivity contribution in [3.05, 3.63) is 34.9 Å². The molecular weight excluding hydrogens is 288 g/mol. The summed E-state index contributed by atoms with van der Waals surface area (Å²) in [7, 11) is 1.44. The predicted octanol–water partition coefficient (Wildman–Crippen LogP) is 2.58. The summed E-state index contributed by atoms with van der Waals surface area (Å²) in [6.07, 6.45) is 0.469. The van der Waals surface area contributed by atoms with Crippen LogP contribution >= 0.6 is 11.6 Å². The van der Waals surface area contributed by atoms with Crippen LogP contribution in [0.25, 0.3) is 0 Å². The Morgan fingerprint density at radius 3 is 2.57 bits per heavy atom. The van der Waals surface area contributed by atoms with E-state index in [0.29, 0.717) is 12.5 Å². The van der Waals surface area contributed by atoms with Gasteiger partial charge in [0.05, 0.1) is 13.5 Å². The smallest absolute Gasteiger partial charge is 0.306 e. The molecule has 0 radical (unpaired) electrons. The van der Waals surface area contributed by atoms with Gasteiger partial charge in [0, 0.05) is 43.8 Å². The molecule has 2 rings (SSSR count). The van der Waals surface area contributed by atoms with E-state index in [1.807, 2.05) is 18.2 Å². The molecule has 0 N–H and O–H groups in total. The van der Waals surface area contributed by atoms with Crippen molar-refractivity contribution in [1.29, 1.82) is 0 Å². The standard InChI is InChI=1S/C16H23ClN2O2/c1-13(14-5-3-4-6-15(14)17)19-11-9-18(10-12-19)8-7-16(20)21-2/h3-6,13H,7-12H2,1-2H3. The summed E-state index contributed by atoms with van der Waals surface area (Å²) in [5.41, 5.74) is 1.18. The van der Waals surface area contributed by atoms with Crippen molar-refractivity contribution in [1.82, 2.24) is 9.80 Å². The van der Waals surface area contributed by atoms with Crippen molar-refractivity contribution in [2.75, 3.05) is 39.8 Å². The van der Waals surface area contributed by atoms with Crippen LogP contribution < -0.4 is 0 Å². The van der Waals surface area contributed by atoms with Gasteiger partial charge < -0.3 is 9.64 Å². The Kier molecular flexibility index (Phi) is 6.03. The number of carbonyl (C=O) groups is 1. The molecule has 1 aromatic rings. The second-order valence-corrected chi connectivity index (χ2v) is 5.81. The molecule has 1 aliphatic heterocycles. The van der Waals surface area contributed by atoms with Crippen LogP contribution in [0.4, 0.5) is 0 Å². The van der Waals surface area contributed by atoms with Crippen molar-refractivity contribution >= 4 is 17.6 Å². The van der Waals surface area contributed by atoms with E-state index in [1.165, 1.54) is 12.7 Å². The number of esters is 1. The summed E-state index contributed by atoms with van der Waals surface area (Å²) in [5, 5.41) is 0.832. The monoisotopic (exact) mass is 310 g/mol. The van der Waals surface area contributed by atoms with Crippen LogP contribution in [0.3, 0.4) is 0 Å². The van der Waals surface area contributed by atoms with Crippen LogP contribution in [0, 0.1) is 0 Å². The van der Waals surface area contributed by atoms with Gasteiger partial charge in [-0.25, -0.2) is 0 Å². The van der Waals surface area contributed by atoms with Crippen LogP contribution in [-0.2, 0) is 9.53 Å². The topological polar surface area (TPSA) is 32.8 Å². The number of methoxy groups -OCH3 is 1. The molecule has 1 saturated heterocycles. The third-order valence-electron chi connectivity index (χ3n) is 4.17. The molecule has 1 unspecified atom stereocenters. The van der Waals surface area contributed by atoms with Gasteiger partial charge in [-0.2, -0.15) is 0 Å². The molecule has 0 bridgehead atoms. The normalized spacial score (nSPS) is 18.4. The first kappa shape index (κ1) is 16.3. The molecule has 116 valence electrons. The van der Waals surface area contributed by atoms with E-state index < -0.39 is 0 Å². The summed E-state index contributed by atoms with van der Waals surface area (Å²) in [5.74, 6) is -0.137. The molecule has 1 fully saturated rings. The van der Waals surface area contributed by atoms with Gasteiger partial charge in [-0.15, -0.1) is 0 Å². The Morgan fingerprint density at radius 1 is 1.29 bits per heavy atom. The molecule has 0 aromatic heterocycles. The Morgan fingerprint density at radius 2 is 1.95 bits per heavy atom. The lowest BCUT2D eigenvalue weighted by atomic mass is 10.1. The van der Waals surface area contributed by atoms with Crippen LogP contribution in [0.5, 0.6) is 0 Å². The molecule has 1 heterocycles. The van der Waals surface area contributed by atoms with Crippen LogP contribution in [-0.4, -0.2) is 55.6 Å². The number of carbonyl (C=O) groups excluding carboxylic acids is 1. The minimum absolute atomic E-state index is 0.137. The zero-order valence-electron chi connectivity index (χ0n) is 12.7. The van der Waals surface area contributed by atoms with Gasteiger partial charge in [0.2, 0.25) is 0 Å². The molecule has 0 saturated carbocycles. The molecule has 5 heteroatoms. The maximum atomic E-state index is 11.2. The molecule has 1 aliphatic rings. The third kappa shape index (κ3) is 4.43. The summed E-state index contributed by atoms with van der Waals surface area (Å²) in [4.78, 5) is 15.9. The fraction of sp³-hybridized carbons (Fsp3) is 0.562. The number of nitrogens with zero attached hydrogens (tertiary/aromatic N) is 2. The zero-order chi connectivity index (χ0) is 15.2. The SMILES string of the molecule is COC(=O)CCN1CCN(C(C)c2ccccc2Cl)CC1. The fourth-order valence-corrected chi connectivity index (χ4v) is 3.03. The lowest BCUT2D eigenvalue weighted by molar-refractivity contribution is -0.141. The van der Waals surface area contributed by atoms with Gasteiger partial charge in [-0.05, 0) is 18.6 Å². The van der Waals surface area contributed by atoms with Crippen molar-refractivity contribution < 1.29 is 9.53 Å². The molecule has 0 spiro atoms. The largest absolute Gasteiger partial charge is 0.469 e. The second-order valence-electron chi connectivity index (χ2n) is 5.40. The number of halogens is 1. The Balaban J connectivity index is 1.83. The molecule has 0 aliphatic carbocycles. The first-order chi connectivity index (χ1) is 10.1. The highest BCUT2D eigenvalue weighted by Crippen LogP contribution is 2.27.